The van der Waals surface area contributed by atoms with Crippen molar-refractivity contribution < 1.29 is 9.53 Å². The second-order valence-electron chi connectivity index (χ2n) is 4.15. The molecule has 0 atom stereocenters. The second-order valence-corrected chi connectivity index (χ2v) is 4.15. The van der Waals surface area contributed by atoms with Gasteiger partial charge in [-0.05, 0) is 24.0 Å². The van der Waals surface area contributed by atoms with Crippen LogP contribution in [0.5, 0.6) is 5.75 Å². The highest BCUT2D eigenvalue weighted by Gasteiger charge is 2.08. The molecule has 16 heavy (non-hydrogen) atoms. The third-order valence-corrected chi connectivity index (χ3v) is 2.18. The smallest absolute Gasteiger partial charge is 0.153 e. The first-order valence-corrected chi connectivity index (χ1v) is 5.49. The molecule has 0 radical (unpaired) electrons. The number of ether oxygens (including phenoxy) is 1. The first-order valence-electron chi connectivity index (χ1n) is 5.49. The van der Waals surface area contributed by atoms with Gasteiger partial charge < -0.3 is 4.74 Å². The van der Waals surface area contributed by atoms with Crippen LogP contribution in [0.15, 0.2) is 30.9 Å². The fourth-order valence-corrected chi connectivity index (χ4v) is 1.44. The zero-order chi connectivity index (χ0) is 12.0. The summed E-state index contributed by atoms with van der Waals surface area (Å²) in [4.78, 5) is 10.9. The van der Waals surface area contributed by atoms with Crippen LogP contribution in [0.1, 0.15) is 29.8 Å². The monoisotopic (exact) mass is 218 g/mol. The van der Waals surface area contributed by atoms with Crippen molar-refractivity contribution in [3.63, 3.8) is 0 Å². The summed E-state index contributed by atoms with van der Waals surface area (Å²) in [6.45, 7) is 8.48. The minimum atomic E-state index is 0.441. The van der Waals surface area contributed by atoms with E-state index in [1.54, 1.807) is 6.07 Å². The van der Waals surface area contributed by atoms with Gasteiger partial charge in [-0.1, -0.05) is 32.1 Å². The molecule has 0 unspecified atom stereocenters. The van der Waals surface area contributed by atoms with E-state index in [0.717, 1.165) is 18.3 Å². The Balaban J connectivity index is 2.98. The van der Waals surface area contributed by atoms with Crippen molar-refractivity contribution in [1.29, 1.82) is 0 Å². The van der Waals surface area contributed by atoms with E-state index in [-0.39, 0.29) is 0 Å². The molecule has 0 saturated carbocycles. The number of hydrogen-bond donors (Lipinski definition) is 0. The maximum absolute atomic E-state index is 10.9. The molecule has 0 fully saturated rings. The van der Waals surface area contributed by atoms with E-state index in [1.807, 2.05) is 18.2 Å². The average molecular weight is 218 g/mol. The lowest BCUT2D eigenvalue weighted by Gasteiger charge is -2.14. The molecule has 0 N–H and O–H groups in total. The van der Waals surface area contributed by atoms with Gasteiger partial charge in [0, 0.05) is 0 Å². The summed E-state index contributed by atoms with van der Waals surface area (Å²) in [5.74, 6) is 1.14. The molecule has 0 spiro atoms. The Morgan fingerprint density at radius 3 is 2.75 bits per heavy atom. The summed E-state index contributed by atoms with van der Waals surface area (Å²) in [7, 11) is 0. The molecule has 0 aliphatic carbocycles. The lowest BCUT2D eigenvalue weighted by molar-refractivity contribution is 0.111. The predicted octanol–water partition coefficient (Wildman–Crippen LogP) is 3.26. The van der Waals surface area contributed by atoms with Crippen LogP contribution >= 0.6 is 0 Å². The van der Waals surface area contributed by atoms with Crippen LogP contribution in [0.3, 0.4) is 0 Å². The molecule has 1 aromatic carbocycles. The van der Waals surface area contributed by atoms with Gasteiger partial charge in [-0.2, -0.15) is 0 Å². The van der Waals surface area contributed by atoms with Gasteiger partial charge in [-0.3, -0.25) is 4.79 Å². The van der Waals surface area contributed by atoms with E-state index in [2.05, 4.69) is 20.4 Å². The molecule has 0 aromatic heterocycles. The van der Waals surface area contributed by atoms with Crippen LogP contribution < -0.4 is 4.74 Å². The Morgan fingerprint density at radius 1 is 1.44 bits per heavy atom. The summed E-state index contributed by atoms with van der Waals surface area (Å²) >= 11 is 0. The Bertz CT molecular complexity index is 367. The number of benzene rings is 1. The van der Waals surface area contributed by atoms with Crippen LogP contribution in [0.2, 0.25) is 0 Å². The highest BCUT2D eigenvalue weighted by Crippen LogP contribution is 2.24. The van der Waals surface area contributed by atoms with E-state index in [4.69, 9.17) is 4.74 Å². The third kappa shape index (κ3) is 3.23. The maximum atomic E-state index is 10.9. The van der Waals surface area contributed by atoms with Crippen molar-refractivity contribution >= 4 is 6.29 Å². The lowest BCUT2D eigenvalue weighted by atomic mass is 10.1. The molecule has 86 valence electrons. The van der Waals surface area contributed by atoms with Crippen LogP contribution in [0, 0.1) is 5.92 Å². The van der Waals surface area contributed by atoms with E-state index < -0.39 is 0 Å². The first kappa shape index (κ1) is 12.5. The minimum absolute atomic E-state index is 0.441. The Kier molecular flexibility index (Phi) is 4.77. The quantitative estimate of drug-likeness (QED) is 0.541. The molecule has 0 amide bonds. The average Bonchev–Trinajstić information content (AvgIpc) is 2.27. The summed E-state index contributed by atoms with van der Waals surface area (Å²) in [5, 5.41) is 0. The van der Waals surface area contributed by atoms with E-state index in [1.165, 1.54) is 0 Å². The normalized spacial score (nSPS) is 10.2. The standard InChI is InChI=1S/C14H18O2/c1-4-6-12-7-5-8-13(9-15)14(12)16-10-11(2)3/h4-5,7-9,11H,1,6,10H2,2-3H3. The Hall–Kier alpha value is -1.57. The molecule has 0 aliphatic heterocycles. The van der Waals surface area contributed by atoms with Gasteiger partial charge in [0.2, 0.25) is 0 Å². The number of aldehydes is 1. The van der Waals surface area contributed by atoms with Gasteiger partial charge in [0.25, 0.3) is 0 Å². The predicted molar refractivity (Wildman–Crippen MR) is 66.1 cm³/mol. The number of hydrogen-bond acceptors (Lipinski definition) is 2. The highest BCUT2D eigenvalue weighted by atomic mass is 16.5. The zero-order valence-electron chi connectivity index (χ0n) is 9.90. The van der Waals surface area contributed by atoms with Crippen LogP contribution in [-0.4, -0.2) is 12.9 Å². The van der Waals surface area contributed by atoms with Gasteiger partial charge in [0.1, 0.15) is 5.75 Å². The Labute approximate surface area is 96.9 Å². The van der Waals surface area contributed by atoms with Crippen molar-refractivity contribution in [2.75, 3.05) is 6.61 Å². The molecule has 1 rings (SSSR count). The van der Waals surface area contributed by atoms with Gasteiger partial charge in [0.15, 0.2) is 6.29 Å². The highest BCUT2D eigenvalue weighted by molar-refractivity contribution is 5.80. The summed E-state index contributed by atoms with van der Waals surface area (Å²) in [6, 6.07) is 5.60. The van der Waals surface area contributed by atoms with Crippen molar-refractivity contribution in [3.05, 3.63) is 42.0 Å². The number of allylic oxidation sites excluding steroid dienone is 1. The van der Waals surface area contributed by atoms with Gasteiger partial charge in [-0.25, -0.2) is 0 Å². The third-order valence-electron chi connectivity index (χ3n) is 2.18. The van der Waals surface area contributed by atoms with Crippen molar-refractivity contribution in [1.82, 2.24) is 0 Å². The molecule has 1 aromatic rings. The molecule has 0 saturated heterocycles. The maximum Gasteiger partial charge on any atom is 0.153 e. The van der Waals surface area contributed by atoms with Gasteiger partial charge in [-0.15, -0.1) is 6.58 Å². The number of rotatable bonds is 6. The summed E-state index contributed by atoms with van der Waals surface area (Å²) in [6.07, 6.45) is 3.36. The molecular weight excluding hydrogens is 200 g/mol. The number of carbonyl (C=O) groups is 1. The van der Waals surface area contributed by atoms with Crippen molar-refractivity contribution in [3.8, 4) is 5.75 Å². The van der Waals surface area contributed by atoms with E-state index >= 15 is 0 Å². The zero-order valence-corrected chi connectivity index (χ0v) is 9.90. The SMILES string of the molecule is C=CCc1cccc(C=O)c1OCC(C)C. The lowest BCUT2D eigenvalue weighted by Crippen LogP contribution is -2.08. The fraction of sp³-hybridized carbons (Fsp3) is 0.357. The second kappa shape index (κ2) is 6.11. The molecular formula is C14H18O2. The van der Waals surface area contributed by atoms with Gasteiger partial charge in [0.05, 0.1) is 12.2 Å². The minimum Gasteiger partial charge on any atom is -0.492 e. The topological polar surface area (TPSA) is 26.3 Å². The molecule has 2 nitrogen and oxygen atoms in total. The van der Waals surface area contributed by atoms with E-state index in [9.17, 15) is 4.79 Å². The first-order chi connectivity index (χ1) is 7.69. The van der Waals surface area contributed by atoms with Crippen LogP contribution in [0.4, 0.5) is 0 Å². The number of carbonyl (C=O) groups excluding carboxylic acids is 1. The van der Waals surface area contributed by atoms with E-state index in [0.29, 0.717) is 23.8 Å². The molecule has 0 aliphatic rings. The van der Waals surface area contributed by atoms with Crippen molar-refractivity contribution in [2.24, 2.45) is 5.92 Å². The summed E-state index contributed by atoms with van der Waals surface area (Å²) < 4.78 is 5.69. The Morgan fingerprint density at radius 2 is 2.19 bits per heavy atom. The number of para-hydroxylation sites is 1. The largest absolute Gasteiger partial charge is 0.492 e. The fourth-order valence-electron chi connectivity index (χ4n) is 1.44. The molecule has 2 heteroatoms. The molecule has 0 heterocycles. The van der Waals surface area contributed by atoms with Crippen LogP contribution in [0.25, 0.3) is 0 Å². The van der Waals surface area contributed by atoms with Crippen LogP contribution in [-0.2, 0) is 6.42 Å². The summed E-state index contributed by atoms with van der Waals surface area (Å²) in [5.41, 5.74) is 1.63. The van der Waals surface area contributed by atoms with Crippen molar-refractivity contribution in [2.45, 2.75) is 20.3 Å². The van der Waals surface area contributed by atoms with Gasteiger partial charge >= 0.3 is 0 Å². The molecule has 0 bridgehead atoms.